The number of methoxy groups -OCH3 is 1. The van der Waals surface area contributed by atoms with Gasteiger partial charge in [0.15, 0.2) is 5.78 Å². The predicted molar refractivity (Wildman–Crippen MR) is 104 cm³/mol. The number of Topliss-reactive ketones (excluding diaryl/α,β-unsaturated/α-hetero) is 1. The van der Waals surface area contributed by atoms with Crippen molar-refractivity contribution in [3.05, 3.63) is 46.0 Å². The SMILES string of the molecule is COC(=O)CCC(=O)C1C(c2ccccc2[N+](=O)[O-])=CC(=O)N1C(=O)OC(C)(C)C. The summed E-state index contributed by atoms with van der Waals surface area (Å²) < 4.78 is 9.76. The van der Waals surface area contributed by atoms with Crippen LogP contribution in [0.4, 0.5) is 10.5 Å². The van der Waals surface area contributed by atoms with E-state index in [1.165, 1.54) is 24.3 Å². The third kappa shape index (κ3) is 5.07. The van der Waals surface area contributed by atoms with Crippen molar-refractivity contribution in [1.29, 1.82) is 0 Å². The van der Waals surface area contributed by atoms with E-state index in [0.717, 1.165) is 13.2 Å². The van der Waals surface area contributed by atoms with Crippen molar-refractivity contribution in [2.45, 2.75) is 45.3 Å². The van der Waals surface area contributed by atoms with Crippen molar-refractivity contribution in [1.82, 2.24) is 4.90 Å². The van der Waals surface area contributed by atoms with E-state index in [1.807, 2.05) is 0 Å². The summed E-state index contributed by atoms with van der Waals surface area (Å²) in [4.78, 5) is 61.0. The fraction of sp³-hybridized carbons (Fsp3) is 0.400. The van der Waals surface area contributed by atoms with Crippen molar-refractivity contribution >= 4 is 35.0 Å². The molecule has 30 heavy (non-hydrogen) atoms. The Hall–Kier alpha value is -3.56. The maximum atomic E-state index is 12.9. The van der Waals surface area contributed by atoms with Gasteiger partial charge in [-0.1, -0.05) is 12.1 Å². The van der Waals surface area contributed by atoms with E-state index < -0.39 is 40.3 Å². The van der Waals surface area contributed by atoms with Crippen LogP contribution in [0.3, 0.4) is 0 Å². The van der Waals surface area contributed by atoms with E-state index in [0.29, 0.717) is 4.90 Å². The molecular formula is C20H22N2O8. The van der Waals surface area contributed by atoms with Crippen LogP contribution in [0.1, 0.15) is 39.2 Å². The number of esters is 1. The second-order valence-electron chi connectivity index (χ2n) is 7.51. The summed E-state index contributed by atoms with van der Waals surface area (Å²) in [5.74, 6) is -2.14. The number of hydrogen-bond donors (Lipinski definition) is 0. The van der Waals surface area contributed by atoms with Crippen LogP contribution in [0.25, 0.3) is 5.57 Å². The van der Waals surface area contributed by atoms with Gasteiger partial charge in [-0.25, -0.2) is 9.69 Å². The number of amides is 2. The quantitative estimate of drug-likeness (QED) is 0.391. The molecule has 0 radical (unpaired) electrons. The number of ether oxygens (including phenoxy) is 2. The largest absolute Gasteiger partial charge is 0.469 e. The number of imide groups is 1. The highest BCUT2D eigenvalue weighted by molar-refractivity contribution is 6.17. The highest BCUT2D eigenvalue weighted by atomic mass is 16.6. The molecule has 10 heteroatoms. The fourth-order valence-corrected chi connectivity index (χ4v) is 2.94. The number of carbonyl (C=O) groups excluding carboxylic acids is 4. The van der Waals surface area contributed by atoms with Gasteiger partial charge in [0.2, 0.25) is 0 Å². The second kappa shape index (κ2) is 8.85. The summed E-state index contributed by atoms with van der Waals surface area (Å²) in [5, 5.41) is 11.4. The number of nitrogens with zero attached hydrogens (tertiary/aromatic N) is 2. The van der Waals surface area contributed by atoms with E-state index in [-0.39, 0.29) is 29.7 Å². The van der Waals surface area contributed by atoms with E-state index in [9.17, 15) is 29.3 Å². The Morgan fingerprint density at radius 2 is 1.80 bits per heavy atom. The van der Waals surface area contributed by atoms with Gasteiger partial charge in [-0.3, -0.25) is 24.5 Å². The highest BCUT2D eigenvalue weighted by Gasteiger charge is 2.45. The molecule has 0 aliphatic carbocycles. The van der Waals surface area contributed by atoms with Crippen LogP contribution in [0.15, 0.2) is 30.3 Å². The lowest BCUT2D eigenvalue weighted by Gasteiger charge is -2.28. The summed E-state index contributed by atoms with van der Waals surface area (Å²) in [6, 6.07) is 4.11. The summed E-state index contributed by atoms with van der Waals surface area (Å²) >= 11 is 0. The van der Waals surface area contributed by atoms with Crippen LogP contribution in [0.5, 0.6) is 0 Å². The topological polar surface area (TPSA) is 133 Å². The Bertz CT molecular complexity index is 929. The number of benzene rings is 1. The molecule has 0 N–H and O–H groups in total. The van der Waals surface area contributed by atoms with Gasteiger partial charge in [0.05, 0.1) is 24.0 Å². The van der Waals surface area contributed by atoms with Crippen molar-refractivity contribution in [3.8, 4) is 0 Å². The molecule has 1 aliphatic heterocycles. The van der Waals surface area contributed by atoms with Gasteiger partial charge in [-0.15, -0.1) is 0 Å². The molecule has 0 aromatic heterocycles. The number of nitro benzene ring substituents is 1. The molecule has 1 atom stereocenters. The maximum absolute atomic E-state index is 12.9. The number of rotatable bonds is 6. The predicted octanol–water partition coefficient (Wildman–Crippen LogP) is 2.65. The molecule has 0 saturated carbocycles. The summed E-state index contributed by atoms with van der Waals surface area (Å²) in [6.45, 7) is 4.78. The molecule has 1 aromatic carbocycles. The summed E-state index contributed by atoms with van der Waals surface area (Å²) in [6.07, 6.45) is -0.657. The van der Waals surface area contributed by atoms with Gasteiger partial charge >= 0.3 is 12.1 Å². The minimum atomic E-state index is -1.46. The lowest BCUT2D eigenvalue weighted by molar-refractivity contribution is -0.385. The molecule has 1 aliphatic rings. The Morgan fingerprint density at radius 1 is 1.17 bits per heavy atom. The molecule has 2 amide bonds. The molecule has 0 spiro atoms. The number of hydrogen-bond acceptors (Lipinski definition) is 8. The van der Waals surface area contributed by atoms with Crippen LogP contribution in [-0.4, -0.2) is 52.3 Å². The molecule has 1 aromatic rings. The van der Waals surface area contributed by atoms with Gasteiger partial charge in [-0.2, -0.15) is 0 Å². The number of carbonyl (C=O) groups is 4. The second-order valence-corrected chi connectivity index (χ2v) is 7.51. The van der Waals surface area contributed by atoms with Gasteiger partial charge in [0.1, 0.15) is 11.6 Å². The van der Waals surface area contributed by atoms with Gasteiger partial charge in [0, 0.05) is 24.1 Å². The molecule has 0 saturated heterocycles. The zero-order valence-corrected chi connectivity index (χ0v) is 17.0. The lowest BCUT2D eigenvalue weighted by Crippen LogP contribution is -2.47. The minimum Gasteiger partial charge on any atom is -0.469 e. The molecule has 0 fully saturated rings. The Kier molecular flexibility index (Phi) is 6.70. The van der Waals surface area contributed by atoms with E-state index in [4.69, 9.17) is 4.74 Å². The molecule has 1 unspecified atom stereocenters. The van der Waals surface area contributed by atoms with Crippen LogP contribution >= 0.6 is 0 Å². The standard InChI is InChI=1S/C20H22N2O8/c1-20(2,3)30-19(26)21-16(24)11-13(12-7-5-6-8-14(12)22(27)28)18(21)15(23)9-10-17(25)29-4/h5-8,11,18H,9-10H2,1-4H3. The third-order valence-corrected chi connectivity index (χ3v) is 4.18. The molecule has 10 nitrogen and oxygen atoms in total. The summed E-state index contributed by atoms with van der Waals surface area (Å²) in [5.41, 5.74) is -1.25. The first kappa shape index (κ1) is 22.7. The van der Waals surface area contributed by atoms with Crippen molar-refractivity contribution < 1.29 is 33.6 Å². The normalized spacial score (nSPS) is 16.1. The van der Waals surface area contributed by atoms with Crippen molar-refractivity contribution in [3.63, 3.8) is 0 Å². The average molecular weight is 418 g/mol. The Balaban J connectivity index is 2.50. The average Bonchev–Trinajstić information content (AvgIpc) is 3.01. The van der Waals surface area contributed by atoms with Crippen LogP contribution in [-0.2, 0) is 23.9 Å². The Morgan fingerprint density at radius 3 is 2.37 bits per heavy atom. The fourth-order valence-electron chi connectivity index (χ4n) is 2.94. The Labute approximate surface area is 172 Å². The number of para-hydroxylation sites is 1. The first-order chi connectivity index (χ1) is 14.0. The van der Waals surface area contributed by atoms with Gasteiger partial charge in [0.25, 0.3) is 11.6 Å². The van der Waals surface area contributed by atoms with Gasteiger partial charge < -0.3 is 9.47 Å². The van der Waals surface area contributed by atoms with E-state index in [1.54, 1.807) is 20.8 Å². The minimum absolute atomic E-state index is 0.00646. The van der Waals surface area contributed by atoms with Crippen molar-refractivity contribution in [2.75, 3.05) is 7.11 Å². The van der Waals surface area contributed by atoms with E-state index >= 15 is 0 Å². The molecular weight excluding hydrogens is 396 g/mol. The molecule has 1 heterocycles. The van der Waals surface area contributed by atoms with Gasteiger partial charge in [-0.05, 0) is 26.8 Å². The van der Waals surface area contributed by atoms with E-state index in [2.05, 4.69) is 4.74 Å². The summed E-state index contributed by atoms with van der Waals surface area (Å²) in [7, 11) is 1.16. The molecule has 0 bridgehead atoms. The first-order valence-corrected chi connectivity index (χ1v) is 9.07. The first-order valence-electron chi connectivity index (χ1n) is 9.07. The maximum Gasteiger partial charge on any atom is 0.418 e. The third-order valence-electron chi connectivity index (χ3n) is 4.18. The highest BCUT2D eigenvalue weighted by Crippen LogP contribution is 2.36. The zero-order valence-electron chi connectivity index (χ0n) is 17.0. The number of nitro groups is 1. The zero-order chi connectivity index (χ0) is 22.6. The lowest BCUT2D eigenvalue weighted by atomic mass is 9.93. The van der Waals surface area contributed by atoms with Crippen molar-refractivity contribution in [2.24, 2.45) is 0 Å². The number of ketones is 1. The van der Waals surface area contributed by atoms with Crippen LogP contribution in [0, 0.1) is 10.1 Å². The monoisotopic (exact) mass is 418 g/mol. The molecule has 160 valence electrons. The molecule has 2 rings (SSSR count). The smallest absolute Gasteiger partial charge is 0.418 e. The van der Waals surface area contributed by atoms with Crippen LogP contribution < -0.4 is 0 Å². The van der Waals surface area contributed by atoms with Crippen LogP contribution in [0.2, 0.25) is 0 Å².